The van der Waals surface area contributed by atoms with Crippen molar-refractivity contribution in [3.8, 4) is 11.5 Å². The number of rotatable bonds is 4. The highest BCUT2D eigenvalue weighted by Gasteiger charge is 2.48. The Hall–Kier alpha value is -4.24. The Morgan fingerprint density at radius 2 is 2.03 bits per heavy atom. The fourth-order valence-corrected chi connectivity index (χ4v) is 5.83. The number of halogens is 1. The average molecular weight is 517 g/mol. The lowest BCUT2D eigenvalue weighted by Gasteiger charge is -2.23. The summed E-state index contributed by atoms with van der Waals surface area (Å²) in [4.78, 5) is 32.7. The Labute approximate surface area is 215 Å². The second kappa shape index (κ2) is 9.01. The molecular weight excluding hydrogens is 495 g/mol. The zero-order valence-electron chi connectivity index (χ0n) is 19.7. The smallest absolute Gasteiger partial charge is 0.301 e. The molecule has 0 spiro atoms. The number of carbonyl (C=O) groups is 2. The molecule has 6 rings (SSSR count). The van der Waals surface area contributed by atoms with E-state index in [0.29, 0.717) is 33.7 Å². The molecule has 0 aliphatic carbocycles. The van der Waals surface area contributed by atoms with E-state index in [1.54, 1.807) is 42.5 Å². The van der Waals surface area contributed by atoms with Crippen LogP contribution < -0.4 is 14.4 Å². The van der Waals surface area contributed by atoms with Gasteiger partial charge in [-0.2, -0.15) is 0 Å². The fourth-order valence-electron chi connectivity index (χ4n) is 4.81. The van der Waals surface area contributed by atoms with Gasteiger partial charge < -0.3 is 14.6 Å². The highest BCUT2D eigenvalue weighted by Crippen LogP contribution is 2.45. The van der Waals surface area contributed by atoms with Gasteiger partial charge >= 0.3 is 5.91 Å². The number of hydrogen-bond donors (Lipinski definition) is 1. The summed E-state index contributed by atoms with van der Waals surface area (Å²) in [6.45, 7) is 0.630. The molecule has 0 radical (unpaired) electrons. The molecule has 0 saturated carbocycles. The lowest BCUT2D eigenvalue weighted by Crippen LogP contribution is -2.29. The lowest BCUT2D eigenvalue weighted by molar-refractivity contribution is -0.132. The first-order chi connectivity index (χ1) is 17.9. The van der Waals surface area contributed by atoms with Gasteiger partial charge in [0.1, 0.15) is 23.1 Å². The Kier molecular flexibility index (Phi) is 5.64. The fraction of sp³-hybridized carbons (Fsp3) is 0.179. The molecule has 3 aromatic carbocycles. The van der Waals surface area contributed by atoms with Gasteiger partial charge in [0.05, 0.1) is 35.5 Å². The minimum absolute atomic E-state index is 0.0552. The Morgan fingerprint density at radius 1 is 1.16 bits per heavy atom. The van der Waals surface area contributed by atoms with Crippen molar-refractivity contribution in [2.24, 2.45) is 0 Å². The maximum absolute atomic E-state index is 13.8. The van der Waals surface area contributed by atoms with Crippen LogP contribution in [0.25, 0.3) is 16.0 Å². The van der Waals surface area contributed by atoms with Crippen LogP contribution in [0.4, 0.5) is 9.52 Å². The van der Waals surface area contributed by atoms with E-state index in [4.69, 9.17) is 9.47 Å². The topological polar surface area (TPSA) is 89.0 Å². The molecule has 3 heterocycles. The van der Waals surface area contributed by atoms with Crippen molar-refractivity contribution < 1.29 is 28.6 Å². The monoisotopic (exact) mass is 516 g/mol. The summed E-state index contributed by atoms with van der Waals surface area (Å²) in [5.41, 5.74) is 2.35. The number of aliphatic hydroxyl groups is 1. The van der Waals surface area contributed by atoms with Gasteiger partial charge in [-0.15, -0.1) is 0 Å². The molecule has 7 nitrogen and oxygen atoms in total. The van der Waals surface area contributed by atoms with E-state index in [2.05, 4.69) is 4.98 Å². The standard InChI is InChI=1S/C28H21FN2O5S/c1-35-19-6-2-4-16(13-19)24-23(25(32)17-7-10-21-15(12-17)5-3-11-36-21)26(33)27(34)31(24)28-30-20-9-8-18(29)14-22(20)37-28/h2,4,6-10,12-14,24,32H,3,5,11H2,1H3/b25-23+. The SMILES string of the molecule is COc1cccc(C2/C(=C(\O)c3ccc4c(c3)CCCO4)C(=O)C(=O)N2c2nc3ccc(F)cc3s2)c1. The molecule has 1 amide bonds. The highest BCUT2D eigenvalue weighted by atomic mass is 32.1. The Morgan fingerprint density at radius 3 is 2.86 bits per heavy atom. The summed E-state index contributed by atoms with van der Waals surface area (Å²) in [6.07, 6.45) is 1.63. The highest BCUT2D eigenvalue weighted by molar-refractivity contribution is 7.22. The van der Waals surface area contributed by atoms with Gasteiger partial charge in [0.15, 0.2) is 5.13 Å². The summed E-state index contributed by atoms with van der Waals surface area (Å²) >= 11 is 1.10. The molecule has 1 atom stereocenters. The van der Waals surface area contributed by atoms with E-state index in [1.165, 1.54) is 30.2 Å². The maximum atomic E-state index is 13.8. The van der Waals surface area contributed by atoms with Crippen LogP contribution in [-0.2, 0) is 16.0 Å². The number of ether oxygens (including phenoxy) is 2. The third-order valence-electron chi connectivity index (χ3n) is 6.58. The molecule has 2 aliphatic rings. The van der Waals surface area contributed by atoms with E-state index < -0.39 is 23.5 Å². The number of benzene rings is 3. The van der Waals surface area contributed by atoms with Crippen LogP contribution in [0.5, 0.6) is 11.5 Å². The predicted molar refractivity (Wildman–Crippen MR) is 138 cm³/mol. The van der Waals surface area contributed by atoms with E-state index in [9.17, 15) is 19.1 Å². The molecule has 1 fully saturated rings. The number of fused-ring (bicyclic) bond motifs is 2. The number of carbonyl (C=O) groups excluding carboxylic acids is 2. The van der Waals surface area contributed by atoms with Crippen LogP contribution in [0.1, 0.15) is 29.2 Å². The zero-order chi connectivity index (χ0) is 25.7. The van der Waals surface area contributed by atoms with E-state index in [0.717, 1.165) is 35.5 Å². The molecule has 1 unspecified atom stereocenters. The number of amides is 1. The van der Waals surface area contributed by atoms with E-state index >= 15 is 0 Å². The van der Waals surface area contributed by atoms with Gasteiger partial charge in [0.25, 0.3) is 5.78 Å². The number of thiazole rings is 1. The van der Waals surface area contributed by atoms with Crippen LogP contribution in [0.15, 0.2) is 66.2 Å². The van der Waals surface area contributed by atoms with Gasteiger partial charge in [-0.25, -0.2) is 9.37 Å². The summed E-state index contributed by atoms with van der Waals surface area (Å²) in [6, 6.07) is 15.4. The van der Waals surface area contributed by atoms with Crippen molar-refractivity contribution >= 4 is 44.1 Å². The molecule has 2 aliphatic heterocycles. The summed E-state index contributed by atoms with van der Waals surface area (Å²) in [5, 5.41) is 11.7. The zero-order valence-corrected chi connectivity index (χ0v) is 20.5. The molecule has 1 aromatic heterocycles. The molecule has 0 bridgehead atoms. The molecule has 9 heteroatoms. The van der Waals surface area contributed by atoms with Gasteiger partial charge in [0, 0.05) is 5.56 Å². The molecule has 1 N–H and O–H groups in total. The van der Waals surface area contributed by atoms with Crippen molar-refractivity contribution in [2.75, 3.05) is 18.6 Å². The second-order valence-corrected chi connectivity index (χ2v) is 9.84. The predicted octanol–water partition coefficient (Wildman–Crippen LogP) is 5.40. The molecular formula is C28H21FN2O5S. The van der Waals surface area contributed by atoms with Gasteiger partial charge in [-0.3, -0.25) is 14.5 Å². The van der Waals surface area contributed by atoms with Gasteiger partial charge in [-0.1, -0.05) is 23.5 Å². The van der Waals surface area contributed by atoms with Crippen molar-refractivity contribution in [3.05, 3.63) is 88.7 Å². The summed E-state index contributed by atoms with van der Waals surface area (Å²) in [5.74, 6) is -1.09. The summed E-state index contributed by atoms with van der Waals surface area (Å²) in [7, 11) is 1.52. The van der Waals surface area contributed by atoms with Crippen LogP contribution in [-0.4, -0.2) is 35.5 Å². The Bertz CT molecular complexity index is 1610. The Balaban J connectivity index is 1.55. The van der Waals surface area contributed by atoms with Crippen molar-refractivity contribution in [1.29, 1.82) is 0 Å². The third kappa shape index (κ3) is 3.92. The van der Waals surface area contributed by atoms with Crippen molar-refractivity contribution in [2.45, 2.75) is 18.9 Å². The van der Waals surface area contributed by atoms with Crippen LogP contribution in [0.3, 0.4) is 0 Å². The number of aliphatic hydroxyl groups excluding tert-OH is 1. The van der Waals surface area contributed by atoms with Crippen LogP contribution in [0.2, 0.25) is 0 Å². The minimum atomic E-state index is -0.965. The third-order valence-corrected chi connectivity index (χ3v) is 7.60. The van der Waals surface area contributed by atoms with Crippen LogP contribution >= 0.6 is 11.3 Å². The number of aromatic nitrogens is 1. The largest absolute Gasteiger partial charge is 0.507 e. The van der Waals surface area contributed by atoms with E-state index in [1.807, 2.05) is 0 Å². The number of hydrogen-bond acceptors (Lipinski definition) is 7. The lowest BCUT2D eigenvalue weighted by atomic mass is 9.94. The number of ketones is 1. The first kappa shape index (κ1) is 23.2. The number of nitrogens with zero attached hydrogens (tertiary/aromatic N) is 2. The first-order valence-electron chi connectivity index (χ1n) is 11.7. The van der Waals surface area contributed by atoms with Crippen LogP contribution in [0, 0.1) is 5.82 Å². The van der Waals surface area contributed by atoms with Gasteiger partial charge in [0.2, 0.25) is 0 Å². The van der Waals surface area contributed by atoms with Crippen molar-refractivity contribution in [1.82, 2.24) is 4.98 Å². The molecule has 1 saturated heterocycles. The normalized spacial score (nSPS) is 18.6. The molecule has 186 valence electrons. The van der Waals surface area contributed by atoms with Crippen molar-refractivity contribution in [3.63, 3.8) is 0 Å². The average Bonchev–Trinajstić information content (AvgIpc) is 3.45. The number of methoxy groups -OCH3 is 1. The molecule has 37 heavy (non-hydrogen) atoms. The maximum Gasteiger partial charge on any atom is 0.301 e. The quantitative estimate of drug-likeness (QED) is 0.222. The van der Waals surface area contributed by atoms with Gasteiger partial charge in [-0.05, 0) is 72.5 Å². The number of anilines is 1. The number of aryl methyl sites for hydroxylation is 1. The second-order valence-electron chi connectivity index (χ2n) is 8.83. The first-order valence-corrected chi connectivity index (χ1v) is 12.5. The minimum Gasteiger partial charge on any atom is -0.507 e. The molecule has 4 aromatic rings. The van der Waals surface area contributed by atoms with E-state index in [-0.39, 0.29) is 16.5 Å². The number of Topliss-reactive ketones (excluding diaryl/α,β-unsaturated/α-hetero) is 1. The summed E-state index contributed by atoms with van der Waals surface area (Å²) < 4.78 is 25.4.